The molecule has 0 amide bonds. The maximum absolute atomic E-state index is 12.6. The number of hydrogen-bond donors (Lipinski definition) is 0. The van der Waals surface area contributed by atoms with Crippen molar-refractivity contribution in [3.63, 3.8) is 0 Å². The van der Waals surface area contributed by atoms with Crippen LogP contribution in [0.4, 0.5) is 0 Å². The summed E-state index contributed by atoms with van der Waals surface area (Å²) < 4.78 is 16.1. The Kier molecular flexibility index (Phi) is 6.29. The molecule has 0 N–H and O–H groups in total. The molecule has 0 heterocycles. The van der Waals surface area contributed by atoms with Gasteiger partial charge in [0.25, 0.3) is 0 Å². The molecule has 0 bridgehead atoms. The van der Waals surface area contributed by atoms with Crippen molar-refractivity contribution in [2.24, 2.45) is 0 Å². The lowest BCUT2D eigenvalue weighted by molar-refractivity contribution is -0.136. The Morgan fingerprint density at radius 1 is 0.939 bits per heavy atom. The van der Waals surface area contributed by atoms with E-state index in [4.69, 9.17) is 25.8 Å². The number of halogens is 1. The predicted molar refractivity (Wildman–Crippen MR) is 123 cm³/mol. The molecule has 3 aromatic carbocycles. The SMILES string of the molecule is COc1cc(C=C2C(=O)c3ccccc3C2=O)ccc1OC(=O)COc1ccc(Cl)c(C)c1. The highest BCUT2D eigenvalue weighted by atomic mass is 35.5. The van der Waals surface area contributed by atoms with Gasteiger partial charge in [-0.3, -0.25) is 9.59 Å². The lowest BCUT2D eigenvalue weighted by atomic mass is 10.1. The number of ketones is 2. The van der Waals surface area contributed by atoms with Gasteiger partial charge in [0, 0.05) is 16.1 Å². The van der Waals surface area contributed by atoms with Crippen LogP contribution in [0.5, 0.6) is 17.2 Å². The average Bonchev–Trinajstić information content (AvgIpc) is 3.05. The standard InChI is InChI=1S/C26H19ClO6/c1-15-11-17(8-9-21(15)27)32-14-24(28)33-22-10-7-16(13-23(22)31-2)12-20-25(29)18-5-3-4-6-19(18)26(20)30/h3-13H,14H2,1-2H3. The molecule has 6 nitrogen and oxygen atoms in total. The van der Waals surface area contributed by atoms with Crippen molar-refractivity contribution in [1.82, 2.24) is 0 Å². The Bertz CT molecular complexity index is 1270. The van der Waals surface area contributed by atoms with Crippen LogP contribution in [0.15, 0.2) is 66.2 Å². The van der Waals surface area contributed by atoms with Gasteiger partial charge in [0.2, 0.25) is 0 Å². The van der Waals surface area contributed by atoms with E-state index in [0.29, 0.717) is 27.5 Å². The first-order chi connectivity index (χ1) is 15.9. The van der Waals surface area contributed by atoms with Crippen molar-refractivity contribution < 1.29 is 28.6 Å². The third-order valence-electron chi connectivity index (χ3n) is 5.11. The van der Waals surface area contributed by atoms with Gasteiger partial charge in [-0.25, -0.2) is 4.79 Å². The second kappa shape index (κ2) is 9.30. The van der Waals surface area contributed by atoms with E-state index in [2.05, 4.69) is 0 Å². The molecule has 0 unspecified atom stereocenters. The number of esters is 1. The summed E-state index contributed by atoms with van der Waals surface area (Å²) in [4.78, 5) is 37.4. The largest absolute Gasteiger partial charge is 0.493 e. The molecule has 3 aromatic rings. The number of methoxy groups -OCH3 is 1. The molecule has 0 fully saturated rings. The smallest absolute Gasteiger partial charge is 0.349 e. The van der Waals surface area contributed by atoms with Gasteiger partial charge in [-0.05, 0) is 54.5 Å². The van der Waals surface area contributed by atoms with Gasteiger partial charge >= 0.3 is 5.97 Å². The Morgan fingerprint density at radius 2 is 1.64 bits per heavy atom. The second-order valence-electron chi connectivity index (χ2n) is 7.35. The van der Waals surface area contributed by atoms with Gasteiger partial charge in [-0.15, -0.1) is 0 Å². The second-order valence-corrected chi connectivity index (χ2v) is 7.75. The molecule has 33 heavy (non-hydrogen) atoms. The molecule has 1 aliphatic carbocycles. The van der Waals surface area contributed by atoms with Crippen molar-refractivity contribution in [1.29, 1.82) is 0 Å². The normalized spacial score (nSPS) is 12.4. The highest BCUT2D eigenvalue weighted by Gasteiger charge is 2.32. The quantitative estimate of drug-likeness (QED) is 0.219. The van der Waals surface area contributed by atoms with Crippen molar-refractivity contribution in [3.05, 3.63) is 93.5 Å². The number of ether oxygens (including phenoxy) is 3. The zero-order chi connectivity index (χ0) is 23.5. The van der Waals surface area contributed by atoms with Gasteiger partial charge in [0.15, 0.2) is 29.7 Å². The number of carbonyl (C=O) groups is 3. The van der Waals surface area contributed by atoms with Gasteiger partial charge in [-0.1, -0.05) is 41.9 Å². The minimum atomic E-state index is -0.622. The fraction of sp³-hybridized carbons (Fsp3) is 0.115. The predicted octanol–water partition coefficient (Wildman–Crippen LogP) is 5.10. The zero-order valence-corrected chi connectivity index (χ0v) is 18.6. The molecule has 0 aromatic heterocycles. The van der Waals surface area contributed by atoms with Gasteiger partial charge in [-0.2, -0.15) is 0 Å². The van der Waals surface area contributed by atoms with Crippen LogP contribution in [0, 0.1) is 6.92 Å². The number of benzene rings is 3. The molecule has 0 saturated carbocycles. The Labute approximate surface area is 195 Å². The molecule has 0 radical (unpaired) electrons. The van der Waals surface area contributed by atoms with Crippen LogP contribution in [0.3, 0.4) is 0 Å². The van der Waals surface area contributed by atoms with Gasteiger partial charge < -0.3 is 14.2 Å². The number of Topliss-reactive ketones (excluding diaryl/α,β-unsaturated/α-hetero) is 2. The Morgan fingerprint density at radius 3 is 2.27 bits per heavy atom. The Hall–Kier alpha value is -3.90. The highest BCUT2D eigenvalue weighted by Crippen LogP contribution is 2.32. The number of rotatable bonds is 6. The molecule has 0 saturated heterocycles. The van der Waals surface area contributed by atoms with Crippen LogP contribution in [-0.4, -0.2) is 31.3 Å². The zero-order valence-electron chi connectivity index (χ0n) is 17.9. The van der Waals surface area contributed by atoms with Crippen LogP contribution in [-0.2, 0) is 4.79 Å². The van der Waals surface area contributed by atoms with Gasteiger partial charge in [0.05, 0.1) is 12.7 Å². The van der Waals surface area contributed by atoms with E-state index >= 15 is 0 Å². The minimum Gasteiger partial charge on any atom is -0.493 e. The maximum atomic E-state index is 12.6. The number of hydrogen-bond acceptors (Lipinski definition) is 6. The number of carbonyl (C=O) groups excluding carboxylic acids is 3. The fourth-order valence-corrected chi connectivity index (χ4v) is 3.55. The van der Waals surface area contributed by atoms with Crippen LogP contribution in [0.1, 0.15) is 31.8 Å². The summed E-state index contributed by atoms with van der Waals surface area (Å²) in [6, 6.07) is 16.5. The molecular formula is C26H19ClO6. The molecular weight excluding hydrogens is 444 g/mol. The first-order valence-corrected chi connectivity index (χ1v) is 10.4. The molecule has 1 aliphatic rings. The van der Waals surface area contributed by atoms with E-state index in [1.807, 2.05) is 6.92 Å². The fourth-order valence-electron chi connectivity index (χ4n) is 3.43. The van der Waals surface area contributed by atoms with Crippen LogP contribution < -0.4 is 14.2 Å². The number of fused-ring (bicyclic) bond motifs is 1. The maximum Gasteiger partial charge on any atom is 0.349 e. The highest BCUT2D eigenvalue weighted by molar-refractivity contribution is 6.41. The van der Waals surface area contributed by atoms with Crippen molar-refractivity contribution in [2.75, 3.05) is 13.7 Å². The summed E-state index contributed by atoms with van der Waals surface area (Å²) in [6.45, 7) is 1.53. The molecule has 0 atom stereocenters. The molecule has 4 rings (SSSR count). The third kappa shape index (κ3) is 4.66. The van der Waals surface area contributed by atoms with Crippen molar-refractivity contribution >= 4 is 35.2 Å². The average molecular weight is 463 g/mol. The van der Waals surface area contributed by atoms with E-state index in [0.717, 1.165) is 5.56 Å². The minimum absolute atomic E-state index is 0.0784. The van der Waals surface area contributed by atoms with Crippen LogP contribution in [0.25, 0.3) is 6.08 Å². The van der Waals surface area contributed by atoms with Crippen LogP contribution >= 0.6 is 11.6 Å². The molecule has 7 heteroatoms. The van der Waals surface area contributed by atoms with Crippen molar-refractivity contribution in [3.8, 4) is 17.2 Å². The first kappa shape index (κ1) is 22.3. The lowest BCUT2D eigenvalue weighted by Gasteiger charge is -2.11. The molecule has 0 aliphatic heterocycles. The summed E-state index contributed by atoms with van der Waals surface area (Å²) >= 11 is 5.99. The summed E-state index contributed by atoms with van der Waals surface area (Å²) in [5.74, 6) is -0.305. The number of allylic oxidation sites excluding steroid dienone is 1. The molecule has 0 spiro atoms. The van der Waals surface area contributed by atoms with Crippen molar-refractivity contribution in [2.45, 2.75) is 6.92 Å². The summed E-state index contributed by atoms with van der Waals surface area (Å²) in [5.41, 5.74) is 2.25. The summed E-state index contributed by atoms with van der Waals surface area (Å²) in [7, 11) is 1.43. The van der Waals surface area contributed by atoms with E-state index in [-0.39, 0.29) is 35.2 Å². The topological polar surface area (TPSA) is 78.9 Å². The van der Waals surface area contributed by atoms with E-state index in [1.54, 1.807) is 54.6 Å². The van der Waals surface area contributed by atoms with E-state index in [1.165, 1.54) is 19.3 Å². The van der Waals surface area contributed by atoms with Gasteiger partial charge in [0.1, 0.15) is 5.75 Å². The van der Waals surface area contributed by atoms with E-state index < -0.39 is 5.97 Å². The van der Waals surface area contributed by atoms with E-state index in [9.17, 15) is 14.4 Å². The number of aryl methyl sites for hydroxylation is 1. The summed E-state index contributed by atoms with van der Waals surface area (Å²) in [5, 5.41) is 0.606. The van der Waals surface area contributed by atoms with Crippen LogP contribution in [0.2, 0.25) is 5.02 Å². The monoisotopic (exact) mass is 462 g/mol. The third-order valence-corrected chi connectivity index (χ3v) is 5.54. The first-order valence-electron chi connectivity index (χ1n) is 10.0. The lowest BCUT2D eigenvalue weighted by Crippen LogP contribution is -2.18. The summed E-state index contributed by atoms with van der Waals surface area (Å²) in [6.07, 6.45) is 1.50. The molecule has 166 valence electrons. The Balaban J connectivity index is 1.47.